The number of methoxy groups -OCH3 is 1. The molecular weight excluding hydrogens is 440 g/mol. The molecule has 1 fully saturated rings. The second-order valence-corrected chi connectivity index (χ2v) is 11.6. The number of ether oxygens (including phenoxy) is 2. The fourth-order valence-electron chi connectivity index (χ4n) is 3.38. The molecule has 1 saturated heterocycles. The molecule has 0 aromatic heterocycles. The fourth-order valence-corrected chi connectivity index (χ4v) is 5.74. The maximum absolute atomic E-state index is 13.5. The molecule has 31 heavy (non-hydrogen) atoms. The summed E-state index contributed by atoms with van der Waals surface area (Å²) in [5, 5.41) is 0. The Balaban J connectivity index is 1.92. The van der Waals surface area contributed by atoms with Crippen LogP contribution in [0.1, 0.15) is 18.4 Å². The molecule has 2 aromatic rings. The predicted molar refractivity (Wildman–Crippen MR) is 117 cm³/mol. The molecule has 10 heteroatoms. The summed E-state index contributed by atoms with van der Waals surface area (Å²) < 4.78 is 64.9. The summed E-state index contributed by atoms with van der Waals surface area (Å²) in [7, 11) is -3.11. The van der Waals surface area contributed by atoms with Crippen LogP contribution >= 0.6 is 0 Å². The molecule has 0 bridgehead atoms. The van der Waals surface area contributed by atoms with Crippen molar-refractivity contribution in [2.75, 3.05) is 34.4 Å². The number of hydrogen-bond acceptors (Lipinski definition) is 6. The highest BCUT2D eigenvalue weighted by Crippen LogP contribution is 2.25. The molecule has 2 aromatic carbocycles. The van der Waals surface area contributed by atoms with Crippen molar-refractivity contribution in [2.24, 2.45) is 0 Å². The van der Waals surface area contributed by atoms with Crippen LogP contribution in [0.15, 0.2) is 58.3 Å². The third-order valence-corrected chi connectivity index (χ3v) is 8.82. The van der Waals surface area contributed by atoms with E-state index in [9.17, 15) is 16.8 Å². The van der Waals surface area contributed by atoms with Crippen molar-refractivity contribution < 1.29 is 26.3 Å². The molecule has 1 aliphatic rings. The monoisotopic (exact) mass is 468 g/mol. The zero-order chi connectivity index (χ0) is 22.6. The van der Waals surface area contributed by atoms with E-state index in [0.717, 1.165) is 22.7 Å². The summed E-state index contributed by atoms with van der Waals surface area (Å²) in [4.78, 5) is 0.0704. The maximum atomic E-state index is 13.5. The first-order chi connectivity index (χ1) is 14.6. The highest BCUT2D eigenvalue weighted by Gasteiger charge is 2.30. The van der Waals surface area contributed by atoms with Crippen molar-refractivity contribution in [1.82, 2.24) is 8.61 Å². The van der Waals surface area contributed by atoms with Crippen LogP contribution < -0.4 is 4.74 Å². The topological polar surface area (TPSA) is 93.2 Å². The average molecular weight is 469 g/mol. The maximum Gasteiger partial charge on any atom is 0.243 e. The summed E-state index contributed by atoms with van der Waals surface area (Å²) in [5.41, 5.74) is 0.785. The van der Waals surface area contributed by atoms with E-state index in [0.29, 0.717) is 12.4 Å². The fraction of sp³-hybridized carbons (Fsp3) is 0.429. The van der Waals surface area contributed by atoms with E-state index in [1.807, 2.05) is 12.1 Å². The Morgan fingerprint density at radius 2 is 1.65 bits per heavy atom. The molecule has 0 N–H and O–H groups in total. The third-order valence-electron chi connectivity index (χ3n) is 5.16. The molecule has 8 nitrogen and oxygen atoms in total. The van der Waals surface area contributed by atoms with Crippen molar-refractivity contribution >= 4 is 20.0 Å². The predicted octanol–water partition coefficient (Wildman–Crippen LogP) is 2.32. The van der Waals surface area contributed by atoms with Crippen LogP contribution in [0.4, 0.5) is 0 Å². The Labute approximate surface area is 184 Å². The lowest BCUT2D eigenvalue weighted by Crippen LogP contribution is -2.37. The van der Waals surface area contributed by atoms with Crippen molar-refractivity contribution in [3.63, 3.8) is 0 Å². The van der Waals surface area contributed by atoms with Gasteiger partial charge in [0.05, 0.1) is 23.0 Å². The van der Waals surface area contributed by atoms with E-state index in [1.54, 1.807) is 19.2 Å². The van der Waals surface area contributed by atoms with Crippen molar-refractivity contribution in [3.8, 4) is 5.75 Å². The number of hydrogen-bond donors (Lipinski definition) is 0. The van der Waals surface area contributed by atoms with E-state index >= 15 is 0 Å². The molecule has 0 amide bonds. The molecule has 170 valence electrons. The number of nitrogens with zero attached hydrogens (tertiary/aromatic N) is 2. The van der Waals surface area contributed by atoms with Crippen LogP contribution in [0.2, 0.25) is 0 Å². The van der Waals surface area contributed by atoms with Gasteiger partial charge in [0.1, 0.15) is 5.75 Å². The molecule has 0 unspecified atom stereocenters. The Kier molecular flexibility index (Phi) is 7.38. The van der Waals surface area contributed by atoms with Crippen molar-refractivity contribution in [1.29, 1.82) is 0 Å². The Hall–Kier alpha value is -1.98. The zero-order valence-corrected chi connectivity index (χ0v) is 19.5. The smallest absolute Gasteiger partial charge is 0.243 e. The second kappa shape index (κ2) is 9.66. The Morgan fingerprint density at radius 3 is 2.19 bits per heavy atom. The molecular formula is C21H28N2O6S2. The van der Waals surface area contributed by atoms with Gasteiger partial charge in [-0.15, -0.1) is 0 Å². The van der Waals surface area contributed by atoms with Gasteiger partial charge in [0, 0.05) is 33.8 Å². The summed E-state index contributed by atoms with van der Waals surface area (Å²) >= 11 is 0. The van der Waals surface area contributed by atoms with Crippen LogP contribution in [-0.4, -0.2) is 65.9 Å². The second-order valence-electron chi connectivity index (χ2n) is 7.54. The van der Waals surface area contributed by atoms with Gasteiger partial charge in [-0.2, -0.15) is 4.31 Å². The minimum atomic E-state index is -3.88. The minimum Gasteiger partial charge on any atom is -0.497 e. The van der Waals surface area contributed by atoms with Crippen molar-refractivity contribution in [3.05, 3.63) is 54.1 Å². The molecule has 3 rings (SSSR count). The van der Waals surface area contributed by atoms with Gasteiger partial charge in [0.25, 0.3) is 0 Å². The van der Waals surface area contributed by atoms with Gasteiger partial charge in [0.15, 0.2) is 0 Å². The first-order valence-corrected chi connectivity index (χ1v) is 12.8. The minimum absolute atomic E-state index is 0.0334. The van der Waals surface area contributed by atoms with E-state index in [2.05, 4.69) is 0 Å². The van der Waals surface area contributed by atoms with Crippen LogP contribution in [-0.2, 0) is 31.3 Å². The van der Waals surface area contributed by atoms with Crippen LogP contribution in [0.25, 0.3) is 0 Å². The molecule has 1 heterocycles. The Bertz CT molecular complexity index is 1090. The van der Waals surface area contributed by atoms with E-state index in [1.165, 1.54) is 42.7 Å². The molecule has 1 aliphatic heterocycles. The van der Waals surface area contributed by atoms with E-state index in [4.69, 9.17) is 9.47 Å². The lowest BCUT2D eigenvalue weighted by atomic mass is 10.2. The molecule has 0 saturated carbocycles. The van der Waals surface area contributed by atoms with Crippen molar-refractivity contribution in [2.45, 2.75) is 35.3 Å². The van der Waals surface area contributed by atoms with Gasteiger partial charge in [-0.3, -0.25) is 0 Å². The first kappa shape index (κ1) is 23.7. The third kappa shape index (κ3) is 5.45. The number of rotatable bonds is 9. The normalized spacial score (nSPS) is 17.4. The summed E-state index contributed by atoms with van der Waals surface area (Å²) in [6, 6.07) is 12.5. The Morgan fingerprint density at radius 1 is 1.00 bits per heavy atom. The SMILES string of the molecule is COc1cccc(CN(C[C@@H]2CCCO2)S(=O)(=O)c2ccc(S(=O)(=O)N(C)C)cc2)c1. The quantitative estimate of drug-likeness (QED) is 0.561. The van der Waals surface area contributed by atoms with Gasteiger partial charge in [-0.25, -0.2) is 21.1 Å². The average Bonchev–Trinajstić information content (AvgIpc) is 3.26. The lowest BCUT2D eigenvalue weighted by Gasteiger charge is -2.25. The summed E-state index contributed by atoms with van der Waals surface area (Å²) in [6.45, 7) is 0.989. The van der Waals surface area contributed by atoms with Gasteiger partial charge in [-0.1, -0.05) is 12.1 Å². The number of sulfonamides is 2. The van der Waals surface area contributed by atoms with E-state index < -0.39 is 20.0 Å². The lowest BCUT2D eigenvalue weighted by molar-refractivity contribution is 0.0926. The zero-order valence-electron chi connectivity index (χ0n) is 17.9. The van der Waals surface area contributed by atoms with E-state index in [-0.39, 0.29) is 29.0 Å². The number of benzene rings is 2. The molecule has 1 atom stereocenters. The van der Waals surface area contributed by atoms with Gasteiger partial charge in [0.2, 0.25) is 20.0 Å². The van der Waals surface area contributed by atoms with Crippen LogP contribution in [0.5, 0.6) is 5.75 Å². The van der Waals surface area contributed by atoms with Gasteiger partial charge < -0.3 is 9.47 Å². The standard InChI is InChI=1S/C21H28N2O6S2/c1-22(2)30(24,25)20-9-11-21(12-10-20)31(26,27)23(16-19-8-5-13-29-19)15-17-6-4-7-18(14-17)28-3/h4,6-7,9-12,14,19H,5,8,13,15-16H2,1-3H3/t19-/m0/s1. The molecule has 0 aliphatic carbocycles. The largest absolute Gasteiger partial charge is 0.497 e. The first-order valence-electron chi connectivity index (χ1n) is 9.92. The highest BCUT2D eigenvalue weighted by molar-refractivity contribution is 7.89. The summed E-state index contributed by atoms with van der Waals surface area (Å²) in [5.74, 6) is 0.644. The van der Waals surface area contributed by atoms with Crippen LogP contribution in [0, 0.1) is 0 Å². The van der Waals surface area contributed by atoms with Gasteiger partial charge >= 0.3 is 0 Å². The molecule has 0 spiro atoms. The van der Waals surface area contributed by atoms with Crippen LogP contribution in [0.3, 0.4) is 0 Å². The van der Waals surface area contributed by atoms with Gasteiger partial charge in [-0.05, 0) is 54.8 Å². The molecule has 0 radical (unpaired) electrons. The summed E-state index contributed by atoms with van der Waals surface area (Å²) in [6.07, 6.45) is 1.52. The highest BCUT2D eigenvalue weighted by atomic mass is 32.2.